The average molecular weight is 600 g/mol. The number of hydrogen-bond donors (Lipinski definition) is 0. The monoisotopic (exact) mass is 599 g/mol. The third kappa shape index (κ3) is 3.92. The molecule has 0 amide bonds. The number of hydrogen-bond acceptors (Lipinski definition) is 4. The zero-order chi connectivity index (χ0) is 30.9. The van der Waals surface area contributed by atoms with Gasteiger partial charge in [-0.1, -0.05) is 133 Å². The molecular weight excluding hydrogens is 574 g/mol. The third-order valence-corrected chi connectivity index (χ3v) is 9.29. The van der Waals surface area contributed by atoms with Crippen molar-refractivity contribution < 1.29 is 4.42 Å². The lowest BCUT2D eigenvalue weighted by atomic mass is 9.90. The minimum absolute atomic E-state index is 0.609. The van der Waals surface area contributed by atoms with Gasteiger partial charge in [-0.15, -0.1) is 0 Å². The minimum Gasteiger partial charge on any atom is -0.456 e. The molecule has 0 N–H and O–H groups in total. The van der Waals surface area contributed by atoms with Gasteiger partial charge in [0.2, 0.25) is 0 Å². The van der Waals surface area contributed by atoms with E-state index in [1.54, 1.807) is 0 Å². The fourth-order valence-electron chi connectivity index (χ4n) is 7.23. The molecule has 0 saturated carbocycles. The van der Waals surface area contributed by atoms with Crippen molar-refractivity contribution in [3.05, 3.63) is 152 Å². The van der Waals surface area contributed by atoms with E-state index in [4.69, 9.17) is 19.4 Å². The predicted octanol–water partition coefficient (Wildman–Crippen LogP) is 11.4. The van der Waals surface area contributed by atoms with Crippen LogP contribution in [0.1, 0.15) is 0 Å². The van der Waals surface area contributed by atoms with Gasteiger partial charge in [0.15, 0.2) is 17.5 Å². The molecule has 0 spiro atoms. The quantitative estimate of drug-likeness (QED) is 0.190. The lowest BCUT2D eigenvalue weighted by molar-refractivity contribution is 0.669. The molecule has 47 heavy (non-hydrogen) atoms. The van der Waals surface area contributed by atoms with Crippen molar-refractivity contribution in [1.29, 1.82) is 0 Å². The summed E-state index contributed by atoms with van der Waals surface area (Å²) in [6.07, 6.45) is 0. The topological polar surface area (TPSA) is 51.8 Å². The minimum atomic E-state index is 0.609. The second-order valence-electron chi connectivity index (χ2n) is 11.9. The van der Waals surface area contributed by atoms with Crippen molar-refractivity contribution in [3.8, 4) is 34.2 Å². The van der Waals surface area contributed by atoms with Gasteiger partial charge in [-0.3, -0.25) is 0 Å². The van der Waals surface area contributed by atoms with Crippen LogP contribution in [-0.4, -0.2) is 15.0 Å². The van der Waals surface area contributed by atoms with E-state index in [-0.39, 0.29) is 0 Å². The van der Waals surface area contributed by atoms with Crippen molar-refractivity contribution in [3.63, 3.8) is 0 Å². The summed E-state index contributed by atoms with van der Waals surface area (Å²) in [5.41, 5.74) is 4.45. The molecular formula is C43H25N3O. The second kappa shape index (κ2) is 10.1. The Labute approximate surface area is 269 Å². The van der Waals surface area contributed by atoms with Crippen LogP contribution in [0.15, 0.2) is 156 Å². The average Bonchev–Trinajstić information content (AvgIpc) is 3.54. The summed E-state index contributed by atoms with van der Waals surface area (Å²) in [5.74, 6) is 1.87. The van der Waals surface area contributed by atoms with Gasteiger partial charge in [0.05, 0.1) is 0 Å². The highest BCUT2D eigenvalue weighted by Gasteiger charge is 2.21. The van der Waals surface area contributed by atoms with Crippen LogP contribution in [0.5, 0.6) is 0 Å². The SMILES string of the molecule is c1ccc(-c2nc(-c3ccccc3)nc(-c3cc4oc5ccc6c7ccccc7c7ccccc7c6c5c4c4ccccc34)n2)cc1. The maximum Gasteiger partial charge on any atom is 0.164 e. The van der Waals surface area contributed by atoms with Crippen LogP contribution in [0.4, 0.5) is 0 Å². The Balaban J connectivity index is 1.33. The third-order valence-electron chi connectivity index (χ3n) is 9.29. The summed E-state index contributed by atoms with van der Waals surface area (Å²) in [5, 5.41) is 11.8. The predicted molar refractivity (Wildman–Crippen MR) is 193 cm³/mol. The number of fused-ring (bicyclic) bond motifs is 12. The molecule has 4 heteroatoms. The zero-order valence-electron chi connectivity index (χ0n) is 25.2. The maximum absolute atomic E-state index is 6.75. The van der Waals surface area contributed by atoms with E-state index in [1.807, 2.05) is 60.7 Å². The van der Waals surface area contributed by atoms with Gasteiger partial charge in [-0.05, 0) is 55.9 Å². The Bertz CT molecular complexity index is 2750. The van der Waals surface area contributed by atoms with Gasteiger partial charge < -0.3 is 4.42 Å². The number of aromatic nitrogens is 3. The van der Waals surface area contributed by atoms with Crippen molar-refractivity contribution in [2.24, 2.45) is 0 Å². The van der Waals surface area contributed by atoms with Crippen LogP contribution in [0, 0.1) is 0 Å². The normalized spacial score (nSPS) is 11.8. The summed E-state index contributed by atoms with van der Waals surface area (Å²) in [6.45, 7) is 0. The lowest BCUT2D eigenvalue weighted by Crippen LogP contribution is -2.00. The molecule has 0 saturated heterocycles. The van der Waals surface area contributed by atoms with E-state index in [1.165, 1.54) is 32.3 Å². The first kappa shape index (κ1) is 25.9. The molecule has 0 radical (unpaired) electrons. The Morgan fingerprint density at radius 2 is 0.766 bits per heavy atom. The van der Waals surface area contributed by atoms with Gasteiger partial charge in [-0.25, -0.2) is 15.0 Å². The molecule has 10 rings (SSSR count). The molecule has 0 aliphatic rings. The summed E-state index contributed by atoms with van der Waals surface area (Å²) in [7, 11) is 0. The summed E-state index contributed by atoms with van der Waals surface area (Å²) >= 11 is 0. The van der Waals surface area contributed by atoms with Crippen LogP contribution in [0.2, 0.25) is 0 Å². The Hall–Kier alpha value is -6.39. The molecule has 10 aromatic rings. The van der Waals surface area contributed by atoms with Crippen LogP contribution in [0.25, 0.3) is 99.2 Å². The van der Waals surface area contributed by atoms with E-state index in [9.17, 15) is 0 Å². The molecule has 0 aliphatic heterocycles. The number of nitrogens with zero attached hydrogens (tertiary/aromatic N) is 3. The first-order valence-electron chi connectivity index (χ1n) is 15.8. The van der Waals surface area contributed by atoms with Crippen LogP contribution in [0.3, 0.4) is 0 Å². The fraction of sp³-hybridized carbons (Fsp3) is 0. The highest BCUT2D eigenvalue weighted by atomic mass is 16.3. The molecule has 0 aliphatic carbocycles. The fourth-order valence-corrected chi connectivity index (χ4v) is 7.23. The zero-order valence-corrected chi connectivity index (χ0v) is 25.2. The standard InChI is InChI=1S/C43H25N3O/c1-3-13-26(14-4-1)41-44-42(27-15-5-2-6-16-27)46-43(45-41)35-25-37-39(33-22-12-10-20-31(33)35)40-36(47-37)24-23-34-30-19-8-7-17-28(30)29-18-9-11-21-32(29)38(34)40/h1-25H. The van der Waals surface area contributed by atoms with Gasteiger partial charge >= 0.3 is 0 Å². The molecule has 8 aromatic carbocycles. The van der Waals surface area contributed by atoms with Crippen molar-refractivity contribution in [1.82, 2.24) is 15.0 Å². The van der Waals surface area contributed by atoms with Crippen molar-refractivity contribution >= 4 is 65.0 Å². The molecule has 0 unspecified atom stereocenters. The van der Waals surface area contributed by atoms with Crippen molar-refractivity contribution in [2.45, 2.75) is 0 Å². The number of furan rings is 1. The van der Waals surface area contributed by atoms with Gasteiger partial charge in [0.1, 0.15) is 11.2 Å². The Kier molecular flexibility index (Phi) is 5.54. The van der Waals surface area contributed by atoms with Crippen LogP contribution >= 0.6 is 0 Å². The molecule has 0 bridgehead atoms. The molecule has 0 atom stereocenters. The first-order chi connectivity index (χ1) is 23.3. The summed E-state index contributed by atoms with van der Waals surface area (Å²) in [4.78, 5) is 15.1. The van der Waals surface area contributed by atoms with Crippen LogP contribution in [-0.2, 0) is 0 Å². The Morgan fingerprint density at radius 1 is 0.319 bits per heavy atom. The second-order valence-corrected chi connectivity index (χ2v) is 11.9. The highest BCUT2D eigenvalue weighted by Crippen LogP contribution is 2.46. The molecule has 0 fully saturated rings. The number of rotatable bonds is 3. The van der Waals surface area contributed by atoms with E-state index < -0.39 is 0 Å². The lowest BCUT2D eigenvalue weighted by Gasteiger charge is -2.12. The molecule has 2 aromatic heterocycles. The van der Waals surface area contributed by atoms with E-state index in [2.05, 4.69) is 91.0 Å². The molecule has 2 heterocycles. The highest BCUT2D eigenvalue weighted by molar-refractivity contribution is 6.37. The largest absolute Gasteiger partial charge is 0.456 e. The van der Waals surface area contributed by atoms with E-state index >= 15 is 0 Å². The summed E-state index contributed by atoms with van der Waals surface area (Å²) in [6, 6.07) is 52.6. The van der Waals surface area contributed by atoms with E-state index in [0.717, 1.165) is 49.4 Å². The smallest absolute Gasteiger partial charge is 0.164 e. The Morgan fingerprint density at radius 3 is 1.36 bits per heavy atom. The van der Waals surface area contributed by atoms with E-state index in [0.29, 0.717) is 17.5 Å². The van der Waals surface area contributed by atoms with Crippen LogP contribution < -0.4 is 0 Å². The van der Waals surface area contributed by atoms with Gasteiger partial charge in [0, 0.05) is 32.8 Å². The number of benzene rings is 8. The van der Waals surface area contributed by atoms with Gasteiger partial charge in [0.25, 0.3) is 0 Å². The van der Waals surface area contributed by atoms with Crippen molar-refractivity contribution in [2.75, 3.05) is 0 Å². The maximum atomic E-state index is 6.75. The summed E-state index contributed by atoms with van der Waals surface area (Å²) < 4.78 is 6.75. The molecule has 218 valence electrons. The first-order valence-corrected chi connectivity index (χ1v) is 15.8. The molecule has 4 nitrogen and oxygen atoms in total. The van der Waals surface area contributed by atoms with Gasteiger partial charge in [-0.2, -0.15) is 0 Å².